The second-order valence-corrected chi connectivity index (χ2v) is 6.45. The predicted octanol–water partition coefficient (Wildman–Crippen LogP) is 1.95. The van der Waals surface area contributed by atoms with Crippen molar-refractivity contribution in [1.29, 1.82) is 0 Å². The third-order valence-corrected chi connectivity index (χ3v) is 5.41. The molecule has 2 unspecified atom stereocenters. The summed E-state index contributed by atoms with van der Waals surface area (Å²) in [6, 6.07) is 1.44. The quantitative estimate of drug-likeness (QED) is 0.792. The zero-order chi connectivity index (χ0) is 10.9. The molecule has 0 radical (unpaired) electrons. The van der Waals surface area contributed by atoms with Gasteiger partial charge in [-0.2, -0.15) is 11.8 Å². The van der Waals surface area contributed by atoms with Crippen molar-refractivity contribution in [2.75, 3.05) is 25.9 Å². The van der Waals surface area contributed by atoms with Crippen LogP contribution in [0.25, 0.3) is 0 Å². The van der Waals surface area contributed by atoms with Crippen LogP contribution in [0.2, 0.25) is 0 Å². The molecule has 0 bridgehead atoms. The van der Waals surface area contributed by atoms with Crippen LogP contribution in [-0.4, -0.2) is 47.6 Å². The van der Waals surface area contributed by atoms with Gasteiger partial charge in [0.05, 0.1) is 0 Å². The molecule has 88 valence electrons. The monoisotopic (exact) mass is 228 g/mol. The normalized spacial score (nSPS) is 35.4. The summed E-state index contributed by atoms with van der Waals surface area (Å²) in [5.74, 6) is 0. The molecule has 1 N–H and O–H groups in total. The largest absolute Gasteiger partial charge is 0.311 e. The second kappa shape index (κ2) is 4.64. The Bertz CT molecular complexity index is 216. The average molecular weight is 228 g/mol. The van der Waals surface area contributed by atoms with Gasteiger partial charge in [0, 0.05) is 36.5 Å². The maximum atomic E-state index is 3.62. The van der Waals surface area contributed by atoms with E-state index < -0.39 is 0 Å². The molecule has 0 amide bonds. The van der Waals surface area contributed by atoms with Crippen molar-refractivity contribution in [3.8, 4) is 0 Å². The molecule has 2 rings (SSSR count). The van der Waals surface area contributed by atoms with E-state index in [1.54, 1.807) is 0 Å². The first-order chi connectivity index (χ1) is 7.19. The van der Waals surface area contributed by atoms with Crippen LogP contribution in [0.4, 0.5) is 0 Å². The Morgan fingerprint density at radius 2 is 2.20 bits per heavy atom. The number of piperazine rings is 1. The van der Waals surface area contributed by atoms with Crippen molar-refractivity contribution < 1.29 is 0 Å². The predicted molar refractivity (Wildman–Crippen MR) is 68.6 cm³/mol. The number of nitrogens with zero attached hydrogens (tertiary/aromatic N) is 1. The van der Waals surface area contributed by atoms with Crippen LogP contribution in [-0.2, 0) is 0 Å². The van der Waals surface area contributed by atoms with E-state index in [0.29, 0.717) is 4.75 Å². The van der Waals surface area contributed by atoms with Crippen molar-refractivity contribution in [2.24, 2.45) is 0 Å². The molecule has 2 fully saturated rings. The van der Waals surface area contributed by atoms with E-state index in [9.17, 15) is 0 Å². The fourth-order valence-electron chi connectivity index (χ4n) is 2.42. The lowest BCUT2D eigenvalue weighted by molar-refractivity contribution is 0.137. The number of rotatable bonds is 4. The Morgan fingerprint density at radius 3 is 2.73 bits per heavy atom. The van der Waals surface area contributed by atoms with Crippen molar-refractivity contribution in [2.45, 2.75) is 49.9 Å². The fraction of sp³-hybridized carbons (Fsp3) is 1.00. The Hall–Kier alpha value is 0.270. The second-order valence-electron chi connectivity index (χ2n) is 5.18. The van der Waals surface area contributed by atoms with E-state index in [1.807, 2.05) is 0 Å². The molecule has 2 aliphatic rings. The van der Waals surface area contributed by atoms with Gasteiger partial charge in [-0.3, -0.25) is 4.90 Å². The van der Waals surface area contributed by atoms with E-state index in [1.165, 1.54) is 38.9 Å². The lowest BCUT2D eigenvalue weighted by Gasteiger charge is -2.40. The van der Waals surface area contributed by atoms with Crippen LogP contribution in [0.5, 0.6) is 0 Å². The summed E-state index contributed by atoms with van der Waals surface area (Å²) in [6.45, 7) is 8.37. The van der Waals surface area contributed by atoms with Gasteiger partial charge in [0.2, 0.25) is 0 Å². The lowest BCUT2D eigenvalue weighted by Crippen LogP contribution is -2.56. The van der Waals surface area contributed by atoms with Gasteiger partial charge in [0.15, 0.2) is 0 Å². The molecule has 1 aliphatic heterocycles. The standard InChI is InChI=1S/C12H24N2S/c1-4-11-8-14(10(2)7-13-11)9-12(15-3)5-6-12/h10-11,13H,4-9H2,1-3H3. The van der Waals surface area contributed by atoms with Crippen molar-refractivity contribution in [1.82, 2.24) is 10.2 Å². The minimum Gasteiger partial charge on any atom is -0.311 e. The summed E-state index contributed by atoms with van der Waals surface area (Å²) in [7, 11) is 0. The Morgan fingerprint density at radius 1 is 1.47 bits per heavy atom. The van der Waals surface area contributed by atoms with Gasteiger partial charge < -0.3 is 5.32 Å². The van der Waals surface area contributed by atoms with Gasteiger partial charge >= 0.3 is 0 Å². The molecule has 2 atom stereocenters. The van der Waals surface area contributed by atoms with Gasteiger partial charge in [0.25, 0.3) is 0 Å². The smallest absolute Gasteiger partial charge is 0.0285 e. The summed E-state index contributed by atoms with van der Waals surface area (Å²) < 4.78 is 0.629. The minimum absolute atomic E-state index is 0.629. The average Bonchev–Trinajstić information content (AvgIpc) is 3.02. The van der Waals surface area contributed by atoms with Crippen LogP contribution in [0.15, 0.2) is 0 Å². The van der Waals surface area contributed by atoms with Gasteiger partial charge in [-0.05, 0) is 32.4 Å². The molecule has 0 aromatic heterocycles. The van der Waals surface area contributed by atoms with Crippen LogP contribution < -0.4 is 5.32 Å². The molecule has 1 aliphatic carbocycles. The first-order valence-electron chi connectivity index (χ1n) is 6.22. The molecular formula is C12H24N2S. The first-order valence-corrected chi connectivity index (χ1v) is 7.44. The molecule has 0 spiro atoms. The molecule has 3 heteroatoms. The third-order valence-electron chi connectivity index (χ3n) is 4.00. The van der Waals surface area contributed by atoms with Crippen LogP contribution in [0.1, 0.15) is 33.1 Å². The maximum Gasteiger partial charge on any atom is 0.0285 e. The molecule has 0 aromatic carbocycles. The van der Waals surface area contributed by atoms with E-state index in [0.717, 1.165) is 12.1 Å². The molecule has 15 heavy (non-hydrogen) atoms. The number of hydrogen-bond acceptors (Lipinski definition) is 3. The Labute approximate surface area is 98.2 Å². The molecule has 2 nitrogen and oxygen atoms in total. The topological polar surface area (TPSA) is 15.3 Å². The van der Waals surface area contributed by atoms with E-state index in [-0.39, 0.29) is 0 Å². The van der Waals surface area contributed by atoms with Gasteiger partial charge in [0.1, 0.15) is 0 Å². The third kappa shape index (κ3) is 2.69. The van der Waals surface area contributed by atoms with Gasteiger partial charge in [-0.1, -0.05) is 6.92 Å². The van der Waals surface area contributed by atoms with Crippen molar-refractivity contribution >= 4 is 11.8 Å². The van der Waals surface area contributed by atoms with Crippen molar-refractivity contribution in [3.05, 3.63) is 0 Å². The zero-order valence-electron chi connectivity index (χ0n) is 10.3. The highest BCUT2D eigenvalue weighted by atomic mass is 32.2. The summed E-state index contributed by atoms with van der Waals surface area (Å²) >= 11 is 2.08. The summed E-state index contributed by atoms with van der Waals surface area (Å²) in [6.07, 6.45) is 6.40. The van der Waals surface area contributed by atoms with Crippen LogP contribution in [0, 0.1) is 0 Å². The fourth-order valence-corrected chi connectivity index (χ4v) is 3.23. The summed E-state index contributed by atoms with van der Waals surface area (Å²) in [4.78, 5) is 2.70. The molecule has 1 heterocycles. The minimum atomic E-state index is 0.629. The molecular weight excluding hydrogens is 204 g/mol. The van der Waals surface area contributed by atoms with Crippen LogP contribution in [0.3, 0.4) is 0 Å². The summed E-state index contributed by atoms with van der Waals surface area (Å²) in [5, 5.41) is 3.62. The number of thioether (sulfide) groups is 1. The zero-order valence-corrected chi connectivity index (χ0v) is 11.1. The highest BCUT2D eigenvalue weighted by Gasteiger charge is 2.44. The molecule has 0 aromatic rings. The lowest BCUT2D eigenvalue weighted by atomic mass is 10.1. The highest BCUT2D eigenvalue weighted by Crippen LogP contribution is 2.47. The van der Waals surface area contributed by atoms with Crippen LogP contribution >= 0.6 is 11.8 Å². The Kier molecular flexibility index (Phi) is 3.63. The highest BCUT2D eigenvalue weighted by molar-refractivity contribution is 8.00. The first kappa shape index (κ1) is 11.7. The van der Waals surface area contributed by atoms with E-state index in [2.05, 4.69) is 42.1 Å². The van der Waals surface area contributed by atoms with Crippen molar-refractivity contribution in [3.63, 3.8) is 0 Å². The number of hydrogen-bond donors (Lipinski definition) is 1. The number of nitrogens with one attached hydrogen (secondary N) is 1. The summed E-state index contributed by atoms with van der Waals surface area (Å²) in [5.41, 5.74) is 0. The molecule has 1 saturated carbocycles. The van der Waals surface area contributed by atoms with Gasteiger partial charge in [-0.25, -0.2) is 0 Å². The van der Waals surface area contributed by atoms with E-state index in [4.69, 9.17) is 0 Å². The SMILES string of the molecule is CCC1CN(CC2(SC)CC2)C(C)CN1. The maximum absolute atomic E-state index is 3.62. The van der Waals surface area contributed by atoms with Gasteiger partial charge in [-0.15, -0.1) is 0 Å². The Balaban J connectivity index is 1.88. The molecule has 1 saturated heterocycles. The van der Waals surface area contributed by atoms with E-state index >= 15 is 0 Å².